The van der Waals surface area contributed by atoms with Gasteiger partial charge in [-0.3, -0.25) is 9.78 Å². The van der Waals surface area contributed by atoms with E-state index in [0.29, 0.717) is 12.3 Å². The first-order valence-corrected chi connectivity index (χ1v) is 9.37. The van der Waals surface area contributed by atoms with Crippen molar-refractivity contribution >= 4 is 15.9 Å². The minimum atomic E-state index is -4.28. The van der Waals surface area contributed by atoms with Gasteiger partial charge in [0, 0.05) is 12.8 Å². The van der Waals surface area contributed by atoms with Crippen LogP contribution in [0.25, 0.3) is 0 Å². The van der Waals surface area contributed by atoms with Crippen LogP contribution in [0.4, 0.5) is 4.39 Å². The summed E-state index contributed by atoms with van der Waals surface area (Å²) >= 11 is 0. The number of carbonyl (C=O) groups excluding carboxylic acids is 1. The number of halogens is 1. The molecule has 1 amide bonds. The van der Waals surface area contributed by atoms with Gasteiger partial charge >= 0.3 is 0 Å². The number of hydrogen-bond acceptors (Lipinski definition) is 6. The number of rotatable bonds is 8. The maximum atomic E-state index is 13.3. The first-order valence-electron chi connectivity index (χ1n) is 7.82. The highest BCUT2D eigenvalue weighted by Crippen LogP contribution is 2.22. The van der Waals surface area contributed by atoms with Crippen molar-refractivity contribution in [2.45, 2.75) is 18.8 Å². The minimum absolute atomic E-state index is 0.0322. The number of nitrogens with zero attached hydrogens (tertiary/aromatic N) is 1. The van der Waals surface area contributed by atoms with Crippen molar-refractivity contribution in [3.8, 4) is 0 Å². The molecule has 2 N–H and O–H groups in total. The molecule has 1 aromatic heterocycles. The van der Waals surface area contributed by atoms with E-state index in [4.69, 9.17) is 4.74 Å². The number of aliphatic hydroxyl groups is 1. The molecule has 0 spiro atoms. The largest absolute Gasteiger partial charge is 0.395 e. The number of pyridine rings is 1. The molecular weight excluding hydrogens is 363 g/mol. The van der Waals surface area contributed by atoms with E-state index in [2.05, 4.69) is 4.98 Å². The minimum Gasteiger partial charge on any atom is -0.395 e. The summed E-state index contributed by atoms with van der Waals surface area (Å²) in [4.78, 5) is 16.2. The second kappa shape index (κ2) is 8.84. The maximum Gasteiger partial charge on any atom is 0.266 e. The zero-order chi connectivity index (χ0) is 19.2. The van der Waals surface area contributed by atoms with Gasteiger partial charge in [-0.15, -0.1) is 0 Å². The monoisotopic (exact) mass is 382 g/mol. The fourth-order valence-corrected chi connectivity index (χ4v) is 3.42. The third kappa shape index (κ3) is 5.07. The van der Waals surface area contributed by atoms with Crippen LogP contribution in [0.3, 0.4) is 0 Å². The maximum absolute atomic E-state index is 13.3. The van der Waals surface area contributed by atoms with Crippen molar-refractivity contribution in [3.63, 3.8) is 0 Å². The lowest BCUT2D eigenvalue weighted by molar-refractivity contribution is 0.0980. The van der Waals surface area contributed by atoms with E-state index >= 15 is 0 Å². The predicted octanol–water partition coefficient (Wildman–Crippen LogP) is 1.55. The number of sulfonamides is 1. The molecule has 0 aliphatic carbocycles. The van der Waals surface area contributed by atoms with Gasteiger partial charge in [-0.2, -0.15) is 0 Å². The Bertz CT molecular complexity index is 856. The van der Waals surface area contributed by atoms with Crippen molar-refractivity contribution in [1.82, 2.24) is 9.71 Å². The number of benzene rings is 1. The van der Waals surface area contributed by atoms with Crippen LogP contribution in [-0.2, 0) is 21.4 Å². The molecule has 140 valence electrons. The van der Waals surface area contributed by atoms with Crippen LogP contribution in [0.15, 0.2) is 42.6 Å². The first-order chi connectivity index (χ1) is 12.4. The average molecular weight is 382 g/mol. The average Bonchev–Trinajstić information content (AvgIpc) is 2.60. The topological polar surface area (TPSA) is 106 Å². The number of ether oxygens (including phenoxy) is 1. The number of carbonyl (C=O) groups is 1. The lowest BCUT2D eigenvalue weighted by Crippen LogP contribution is -2.36. The molecule has 26 heavy (non-hydrogen) atoms. The van der Waals surface area contributed by atoms with E-state index in [-0.39, 0.29) is 17.7 Å². The van der Waals surface area contributed by atoms with Gasteiger partial charge in [0.1, 0.15) is 11.1 Å². The molecule has 1 heterocycles. The Morgan fingerprint density at radius 2 is 2.12 bits per heavy atom. The van der Waals surface area contributed by atoms with Crippen LogP contribution >= 0.6 is 0 Å². The van der Waals surface area contributed by atoms with Gasteiger partial charge < -0.3 is 9.84 Å². The first kappa shape index (κ1) is 20.0. The number of nitrogens with one attached hydrogen (secondary N) is 1. The summed E-state index contributed by atoms with van der Waals surface area (Å²) in [6.45, 7) is 1.83. The smallest absolute Gasteiger partial charge is 0.266 e. The molecular formula is C17H19FN2O5S. The molecule has 9 heteroatoms. The highest BCUT2D eigenvalue weighted by molar-refractivity contribution is 7.90. The van der Waals surface area contributed by atoms with E-state index < -0.39 is 33.6 Å². The number of hydrogen-bond donors (Lipinski definition) is 2. The molecule has 0 saturated heterocycles. The molecule has 0 radical (unpaired) electrons. The van der Waals surface area contributed by atoms with Crippen molar-refractivity contribution in [2.75, 3.05) is 13.2 Å². The Labute approximate surface area is 150 Å². The van der Waals surface area contributed by atoms with Crippen LogP contribution in [-0.4, -0.2) is 37.6 Å². The van der Waals surface area contributed by atoms with Gasteiger partial charge in [0.2, 0.25) is 10.0 Å². The van der Waals surface area contributed by atoms with Crippen molar-refractivity contribution in [1.29, 1.82) is 0 Å². The molecule has 0 aliphatic rings. The molecule has 1 atom stereocenters. The van der Waals surface area contributed by atoms with Gasteiger partial charge in [0.25, 0.3) is 5.91 Å². The third-order valence-electron chi connectivity index (χ3n) is 3.54. The normalized spacial score (nSPS) is 12.6. The summed E-state index contributed by atoms with van der Waals surface area (Å²) < 4.78 is 45.2. The fourth-order valence-electron chi connectivity index (χ4n) is 2.20. The Morgan fingerprint density at radius 1 is 1.35 bits per heavy atom. The van der Waals surface area contributed by atoms with Crippen LogP contribution in [0.2, 0.25) is 0 Å². The lowest BCUT2D eigenvalue weighted by Gasteiger charge is -2.16. The van der Waals surface area contributed by atoms with Gasteiger partial charge in [0.05, 0.1) is 24.5 Å². The Morgan fingerprint density at radius 3 is 2.69 bits per heavy atom. The summed E-state index contributed by atoms with van der Waals surface area (Å²) in [6.07, 6.45) is 1.23. The zero-order valence-corrected chi connectivity index (χ0v) is 14.9. The zero-order valence-electron chi connectivity index (χ0n) is 14.1. The van der Waals surface area contributed by atoms with E-state index in [9.17, 15) is 22.7 Å². The number of amides is 1. The molecule has 1 aromatic carbocycles. The second-order valence-corrected chi connectivity index (χ2v) is 7.24. The fraction of sp³-hybridized carbons (Fsp3) is 0.294. The van der Waals surface area contributed by atoms with Gasteiger partial charge in [-0.1, -0.05) is 12.1 Å². The van der Waals surface area contributed by atoms with Gasteiger partial charge in [-0.05, 0) is 36.8 Å². The number of aromatic nitrogens is 1. The second-order valence-electron chi connectivity index (χ2n) is 5.38. The van der Waals surface area contributed by atoms with Crippen molar-refractivity contribution in [3.05, 3.63) is 65.2 Å². The predicted molar refractivity (Wildman–Crippen MR) is 92.2 cm³/mol. The number of aliphatic hydroxyl groups excluding tert-OH is 1. The standard InChI is InChI=1S/C17H19FN2O5S/c1-2-25-11-15-7-6-13(9-19-15)17(22)20-26(23,24)16(10-21)12-4-3-5-14(18)8-12/h3-9,16,21H,2,10-11H2,1H3,(H,20,22). The summed E-state index contributed by atoms with van der Waals surface area (Å²) in [5.74, 6) is -1.54. The third-order valence-corrected chi connectivity index (χ3v) is 5.18. The quantitative estimate of drug-likeness (QED) is 0.718. The van der Waals surface area contributed by atoms with Gasteiger partial charge in [0.15, 0.2) is 0 Å². The Hall–Kier alpha value is -2.36. The summed E-state index contributed by atoms with van der Waals surface area (Å²) in [6, 6.07) is 7.80. The molecule has 0 fully saturated rings. The molecule has 0 bridgehead atoms. The molecule has 0 saturated carbocycles. The van der Waals surface area contributed by atoms with Gasteiger partial charge in [-0.25, -0.2) is 17.5 Å². The van der Waals surface area contributed by atoms with E-state index in [1.165, 1.54) is 24.4 Å². The molecule has 2 aromatic rings. The van der Waals surface area contributed by atoms with E-state index in [1.807, 2.05) is 11.6 Å². The summed E-state index contributed by atoms with van der Waals surface area (Å²) in [5, 5.41) is 7.95. The Balaban J connectivity index is 2.15. The lowest BCUT2D eigenvalue weighted by atomic mass is 10.1. The van der Waals surface area contributed by atoms with Crippen LogP contribution < -0.4 is 4.72 Å². The van der Waals surface area contributed by atoms with E-state index in [1.54, 1.807) is 6.07 Å². The molecule has 2 rings (SSSR count). The molecule has 0 aliphatic heterocycles. The summed E-state index contributed by atoms with van der Waals surface area (Å²) in [5.41, 5.74) is 0.669. The highest BCUT2D eigenvalue weighted by Gasteiger charge is 2.29. The highest BCUT2D eigenvalue weighted by atomic mass is 32.2. The molecule has 1 unspecified atom stereocenters. The van der Waals surface area contributed by atoms with Crippen LogP contribution in [0.5, 0.6) is 0 Å². The van der Waals surface area contributed by atoms with Crippen LogP contribution in [0.1, 0.15) is 33.8 Å². The van der Waals surface area contributed by atoms with Crippen molar-refractivity contribution < 1.29 is 27.4 Å². The van der Waals surface area contributed by atoms with E-state index in [0.717, 1.165) is 12.1 Å². The van der Waals surface area contributed by atoms with Crippen molar-refractivity contribution in [2.24, 2.45) is 0 Å². The molecule has 7 nitrogen and oxygen atoms in total. The summed E-state index contributed by atoms with van der Waals surface area (Å²) in [7, 11) is -4.28. The Kier molecular flexibility index (Phi) is 6.78. The van der Waals surface area contributed by atoms with Crippen LogP contribution in [0, 0.1) is 5.82 Å². The SMILES string of the molecule is CCOCc1ccc(C(=O)NS(=O)(=O)C(CO)c2cccc(F)c2)cn1.